The summed E-state index contributed by atoms with van der Waals surface area (Å²) in [6.07, 6.45) is 44.1. The molecule has 0 unspecified atom stereocenters. The second-order valence-electron chi connectivity index (χ2n) is 12.6. The van der Waals surface area contributed by atoms with Crippen molar-refractivity contribution in [1.82, 2.24) is 0 Å². The van der Waals surface area contributed by atoms with Gasteiger partial charge in [-0.3, -0.25) is 0 Å². The number of unbranched alkanes of at least 4 members (excludes halogenated alkanes) is 30. The Morgan fingerprint density at radius 1 is 0.333 bits per heavy atom. The molecule has 0 atom stereocenters. The molecule has 6 N–H and O–H groups in total. The zero-order chi connectivity index (χ0) is 31.6. The molecule has 0 amide bonds. The Kier molecular flexibility index (Phi) is 51.2. The van der Waals surface area contributed by atoms with E-state index in [1.54, 1.807) is 0 Å². The molecular weight excluding hydrogens is 520 g/mol. The van der Waals surface area contributed by atoms with E-state index in [4.69, 9.17) is 15.0 Å². The first-order valence-electron chi connectivity index (χ1n) is 19.0. The summed E-state index contributed by atoms with van der Waals surface area (Å²) in [7, 11) is 0. The highest BCUT2D eigenvalue weighted by Gasteiger charge is 1.95. The van der Waals surface area contributed by atoms with Crippen molar-refractivity contribution < 1.29 is 26.5 Å². The predicted octanol–water partition coefficient (Wildman–Crippen LogP) is 8.53. The zero-order valence-electron chi connectivity index (χ0n) is 29.2. The molecule has 0 spiro atoms. The molecule has 0 bridgehead atoms. The van der Waals surface area contributed by atoms with Gasteiger partial charge in [0.25, 0.3) is 0 Å². The molecule has 0 fully saturated rings. The summed E-state index contributed by atoms with van der Waals surface area (Å²) in [5, 5.41) is 16.7. The van der Waals surface area contributed by atoms with E-state index in [2.05, 4.69) is 25.3 Å². The Hall–Kier alpha value is -0.810. The first-order valence-corrected chi connectivity index (χ1v) is 19.0. The number of hydrogen-bond acceptors (Lipinski definition) is 3. The lowest BCUT2D eigenvalue weighted by Gasteiger charge is -2.03. The molecule has 0 aliphatic carbocycles. The minimum atomic E-state index is -2.33. The topological polar surface area (TPSA) is 118 Å². The van der Waals surface area contributed by atoms with E-state index in [-0.39, 0.29) is 0 Å². The van der Waals surface area contributed by atoms with Gasteiger partial charge in [0.05, 0.1) is 13.1 Å². The number of carboxylic acid groups (broad SMARTS) is 2. The standard InChI is InChI=1S/2C18H39N.CH2O3/c2*1-2-3-4-5-6-7-8-9-10-11-12-13-14-15-16-17-18-19;2-1(3)4/h2*2-19H2,1H3;(H2,2,3,4). The van der Waals surface area contributed by atoms with Crippen molar-refractivity contribution in [3.8, 4) is 0 Å². The van der Waals surface area contributed by atoms with Crippen molar-refractivity contribution in [3.63, 3.8) is 0 Å². The van der Waals surface area contributed by atoms with Crippen LogP contribution in [-0.4, -0.2) is 19.2 Å². The number of hydrogen-bond donors (Lipinski definition) is 2. The van der Waals surface area contributed by atoms with Crippen molar-refractivity contribution in [2.24, 2.45) is 0 Å². The molecule has 5 heteroatoms. The van der Waals surface area contributed by atoms with Crippen LogP contribution in [0.5, 0.6) is 0 Å². The third kappa shape index (κ3) is 58.8. The fourth-order valence-corrected chi connectivity index (χ4v) is 5.45. The van der Waals surface area contributed by atoms with E-state index in [9.17, 15) is 0 Å². The van der Waals surface area contributed by atoms with Crippen LogP contribution in [0.1, 0.15) is 219 Å². The van der Waals surface area contributed by atoms with Crippen molar-refractivity contribution in [2.75, 3.05) is 13.1 Å². The van der Waals surface area contributed by atoms with Gasteiger partial charge in [-0.25, -0.2) is 0 Å². The van der Waals surface area contributed by atoms with Crippen LogP contribution in [0.25, 0.3) is 0 Å². The average molecular weight is 601 g/mol. The normalized spacial score (nSPS) is 10.6. The van der Waals surface area contributed by atoms with Crippen LogP contribution in [-0.2, 0) is 0 Å². The monoisotopic (exact) mass is 601 g/mol. The van der Waals surface area contributed by atoms with Crippen LogP contribution in [0.2, 0.25) is 0 Å². The van der Waals surface area contributed by atoms with Crippen molar-refractivity contribution in [3.05, 3.63) is 0 Å². The fourth-order valence-electron chi connectivity index (χ4n) is 5.45. The molecule has 5 nitrogen and oxygen atoms in total. The predicted molar refractivity (Wildman–Crippen MR) is 180 cm³/mol. The quantitative estimate of drug-likeness (QED) is 0.0753. The van der Waals surface area contributed by atoms with E-state index in [1.165, 1.54) is 205 Å². The maximum absolute atomic E-state index is 8.33. The smallest absolute Gasteiger partial charge is 0.0739 e. The Bertz CT molecular complexity index is 379. The molecular formula is C37H80N2O3. The molecule has 0 saturated heterocycles. The van der Waals surface area contributed by atoms with Crippen LogP contribution in [0.4, 0.5) is 4.79 Å². The molecule has 0 aliphatic heterocycles. The number of rotatable bonds is 32. The van der Waals surface area contributed by atoms with E-state index in [1.807, 2.05) is 0 Å². The van der Waals surface area contributed by atoms with Gasteiger partial charge in [0, 0.05) is 0 Å². The van der Waals surface area contributed by atoms with Gasteiger partial charge in [-0.15, -0.1) is 0 Å². The van der Waals surface area contributed by atoms with E-state index in [0.29, 0.717) is 0 Å². The highest BCUT2D eigenvalue weighted by Crippen LogP contribution is 2.14. The molecule has 0 aromatic heterocycles. The summed E-state index contributed by atoms with van der Waals surface area (Å²) in [4.78, 5) is 8.33. The lowest BCUT2D eigenvalue weighted by Crippen LogP contribution is -2.50. The molecule has 0 aliphatic rings. The lowest BCUT2D eigenvalue weighted by molar-refractivity contribution is -0.415. The Morgan fingerprint density at radius 2 is 0.452 bits per heavy atom. The highest BCUT2D eigenvalue weighted by atomic mass is 16.6. The van der Waals surface area contributed by atoms with E-state index in [0.717, 1.165) is 13.1 Å². The summed E-state index contributed by atoms with van der Waals surface area (Å²) in [5.41, 5.74) is 7.78. The Balaban J connectivity index is -0.000000641. The molecule has 0 radical (unpaired) electrons. The molecule has 256 valence electrons. The maximum Gasteiger partial charge on any atom is 0.0739 e. The summed E-state index contributed by atoms with van der Waals surface area (Å²) in [6.45, 7) is 6.83. The SMILES string of the molecule is CCCCCCCCCCCCCCCCCC[NH3+].CCCCCCCCCCCCCCCCCC[NH3+].O=C([O-])[O-]. The fraction of sp³-hybridized carbons (Fsp3) is 0.973. The van der Waals surface area contributed by atoms with Gasteiger partial charge in [0.1, 0.15) is 0 Å². The Labute approximate surface area is 264 Å². The zero-order valence-corrected chi connectivity index (χ0v) is 29.2. The first kappa shape index (κ1) is 45.6. The molecule has 0 aromatic rings. The van der Waals surface area contributed by atoms with Crippen LogP contribution in [0.3, 0.4) is 0 Å². The van der Waals surface area contributed by atoms with Gasteiger partial charge >= 0.3 is 0 Å². The van der Waals surface area contributed by atoms with Gasteiger partial charge in [-0.1, -0.05) is 194 Å². The third-order valence-corrected chi connectivity index (χ3v) is 8.21. The van der Waals surface area contributed by atoms with Gasteiger partial charge in [0.15, 0.2) is 0 Å². The van der Waals surface area contributed by atoms with Crippen LogP contribution >= 0.6 is 0 Å². The first-order chi connectivity index (χ1) is 20.6. The second-order valence-corrected chi connectivity index (χ2v) is 12.6. The van der Waals surface area contributed by atoms with Crippen molar-refractivity contribution >= 4 is 6.16 Å². The number of carbonyl (C=O) groups is 1. The third-order valence-electron chi connectivity index (χ3n) is 8.21. The highest BCUT2D eigenvalue weighted by molar-refractivity contribution is 5.47. The minimum Gasteiger partial charge on any atom is -0.652 e. The van der Waals surface area contributed by atoms with E-state index >= 15 is 0 Å². The largest absolute Gasteiger partial charge is 0.652 e. The van der Waals surface area contributed by atoms with Crippen molar-refractivity contribution in [1.29, 1.82) is 0 Å². The van der Waals surface area contributed by atoms with Crippen LogP contribution in [0.15, 0.2) is 0 Å². The summed E-state index contributed by atoms with van der Waals surface area (Å²) < 4.78 is 0. The number of quaternary nitrogens is 2. The lowest BCUT2D eigenvalue weighted by atomic mass is 10.0. The molecule has 0 rings (SSSR count). The van der Waals surface area contributed by atoms with Gasteiger partial charge in [0.2, 0.25) is 0 Å². The van der Waals surface area contributed by atoms with E-state index < -0.39 is 6.16 Å². The molecule has 42 heavy (non-hydrogen) atoms. The summed E-state index contributed by atoms with van der Waals surface area (Å²) in [6, 6.07) is 0. The molecule has 0 saturated carbocycles. The van der Waals surface area contributed by atoms with Gasteiger partial charge in [-0.05, 0) is 31.8 Å². The molecule has 0 heterocycles. The maximum atomic E-state index is 8.33. The summed E-state index contributed by atoms with van der Waals surface area (Å²) >= 11 is 0. The summed E-state index contributed by atoms with van der Waals surface area (Å²) in [5.74, 6) is 0. The van der Waals surface area contributed by atoms with Crippen LogP contribution in [0, 0.1) is 0 Å². The number of carbonyl (C=O) groups excluding carboxylic acids is 1. The van der Waals surface area contributed by atoms with Crippen LogP contribution < -0.4 is 21.7 Å². The average Bonchev–Trinajstić information content (AvgIpc) is 2.97. The van der Waals surface area contributed by atoms with Crippen molar-refractivity contribution in [2.45, 2.75) is 219 Å². The minimum absolute atomic E-state index is 1.12. The van der Waals surface area contributed by atoms with Gasteiger partial charge in [-0.2, -0.15) is 0 Å². The Morgan fingerprint density at radius 3 is 0.571 bits per heavy atom. The molecule has 0 aromatic carbocycles. The second kappa shape index (κ2) is 47.1. The van der Waals surface area contributed by atoms with Gasteiger partial charge < -0.3 is 26.5 Å².